The lowest BCUT2D eigenvalue weighted by Gasteiger charge is -2.11. The SMILES string of the molecule is O=C(Nc1ccc(F)cc1)C1(CO)CC1. The van der Waals surface area contributed by atoms with Crippen LogP contribution in [0.4, 0.5) is 10.1 Å². The van der Waals surface area contributed by atoms with Gasteiger partial charge in [0.05, 0.1) is 12.0 Å². The van der Waals surface area contributed by atoms with Gasteiger partial charge in [-0.3, -0.25) is 4.79 Å². The fourth-order valence-corrected chi connectivity index (χ4v) is 1.40. The van der Waals surface area contributed by atoms with Gasteiger partial charge in [0.15, 0.2) is 0 Å². The molecule has 1 aromatic rings. The molecule has 2 N–H and O–H groups in total. The molecule has 0 aliphatic heterocycles. The van der Waals surface area contributed by atoms with E-state index in [1.165, 1.54) is 24.3 Å². The van der Waals surface area contributed by atoms with Gasteiger partial charge in [-0.15, -0.1) is 0 Å². The molecule has 1 aliphatic carbocycles. The number of halogens is 1. The third-order valence-corrected chi connectivity index (χ3v) is 2.74. The third-order valence-electron chi connectivity index (χ3n) is 2.74. The van der Waals surface area contributed by atoms with Gasteiger partial charge in [-0.1, -0.05) is 0 Å². The van der Waals surface area contributed by atoms with Crippen molar-refractivity contribution in [2.24, 2.45) is 5.41 Å². The zero-order valence-electron chi connectivity index (χ0n) is 8.16. The first kappa shape index (κ1) is 10.1. The van der Waals surface area contributed by atoms with Crippen molar-refractivity contribution in [1.29, 1.82) is 0 Å². The second-order valence-corrected chi connectivity index (χ2v) is 3.90. The van der Waals surface area contributed by atoms with E-state index in [1.54, 1.807) is 0 Å². The lowest BCUT2D eigenvalue weighted by atomic mass is 10.1. The van der Waals surface area contributed by atoms with E-state index in [-0.39, 0.29) is 18.3 Å². The molecule has 1 fully saturated rings. The maximum atomic E-state index is 12.6. The molecule has 0 spiro atoms. The van der Waals surface area contributed by atoms with Crippen molar-refractivity contribution < 1.29 is 14.3 Å². The molecule has 0 atom stereocenters. The summed E-state index contributed by atoms with van der Waals surface area (Å²) in [6.45, 7) is -0.125. The van der Waals surface area contributed by atoms with E-state index in [0.717, 1.165) is 12.8 Å². The molecule has 1 saturated carbocycles. The van der Waals surface area contributed by atoms with Gasteiger partial charge in [0, 0.05) is 5.69 Å². The number of amides is 1. The van der Waals surface area contributed by atoms with Crippen LogP contribution in [0.15, 0.2) is 24.3 Å². The predicted octanol–water partition coefficient (Wildman–Crippen LogP) is 1.54. The van der Waals surface area contributed by atoms with E-state index in [1.807, 2.05) is 0 Å². The first-order valence-electron chi connectivity index (χ1n) is 4.84. The van der Waals surface area contributed by atoms with E-state index in [4.69, 9.17) is 5.11 Å². The highest BCUT2D eigenvalue weighted by Crippen LogP contribution is 2.45. The summed E-state index contributed by atoms with van der Waals surface area (Å²) in [6.07, 6.45) is 1.44. The van der Waals surface area contributed by atoms with E-state index < -0.39 is 5.41 Å². The Labute approximate surface area is 86.9 Å². The van der Waals surface area contributed by atoms with E-state index in [0.29, 0.717) is 5.69 Å². The van der Waals surface area contributed by atoms with Gasteiger partial charge in [-0.25, -0.2) is 4.39 Å². The molecular formula is C11H12FNO2. The molecular weight excluding hydrogens is 197 g/mol. The summed E-state index contributed by atoms with van der Waals surface area (Å²) < 4.78 is 12.6. The number of nitrogens with one attached hydrogen (secondary N) is 1. The fraction of sp³-hybridized carbons (Fsp3) is 0.364. The van der Waals surface area contributed by atoms with Crippen LogP contribution in [-0.4, -0.2) is 17.6 Å². The Morgan fingerprint density at radius 3 is 2.47 bits per heavy atom. The van der Waals surface area contributed by atoms with Crippen molar-refractivity contribution in [2.45, 2.75) is 12.8 Å². The number of aliphatic hydroxyl groups excluding tert-OH is 1. The maximum absolute atomic E-state index is 12.6. The second kappa shape index (κ2) is 3.62. The lowest BCUT2D eigenvalue weighted by molar-refractivity contribution is -0.122. The highest BCUT2D eigenvalue weighted by Gasteiger charge is 2.49. The second-order valence-electron chi connectivity index (χ2n) is 3.90. The molecule has 3 nitrogen and oxygen atoms in total. The molecule has 80 valence electrons. The largest absolute Gasteiger partial charge is 0.395 e. The number of hydrogen-bond acceptors (Lipinski definition) is 2. The molecule has 0 unspecified atom stereocenters. The molecule has 0 heterocycles. The van der Waals surface area contributed by atoms with Crippen LogP contribution in [0, 0.1) is 11.2 Å². The Hall–Kier alpha value is -1.42. The Morgan fingerprint density at radius 2 is 2.00 bits per heavy atom. The standard InChI is InChI=1S/C11H12FNO2/c12-8-1-3-9(4-2-8)13-10(15)11(7-14)5-6-11/h1-4,14H,5-7H2,(H,13,15). The van der Waals surface area contributed by atoms with Gasteiger partial charge in [0.25, 0.3) is 0 Å². The predicted molar refractivity (Wildman–Crippen MR) is 53.8 cm³/mol. The van der Waals surface area contributed by atoms with Gasteiger partial charge in [0.2, 0.25) is 5.91 Å². The number of carbonyl (C=O) groups excluding carboxylic acids is 1. The zero-order chi connectivity index (χ0) is 10.9. The molecule has 15 heavy (non-hydrogen) atoms. The van der Waals surface area contributed by atoms with E-state index in [2.05, 4.69) is 5.32 Å². The number of aliphatic hydroxyl groups is 1. The summed E-state index contributed by atoms with van der Waals surface area (Å²) in [5, 5.41) is 11.7. The van der Waals surface area contributed by atoms with Crippen molar-refractivity contribution in [3.63, 3.8) is 0 Å². The summed E-state index contributed by atoms with van der Waals surface area (Å²) >= 11 is 0. The smallest absolute Gasteiger partial charge is 0.232 e. The quantitative estimate of drug-likeness (QED) is 0.793. The molecule has 0 aromatic heterocycles. The summed E-state index contributed by atoms with van der Waals surface area (Å²) in [4.78, 5) is 11.6. The van der Waals surface area contributed by atoms with Crippen LogP contribution in [0.2, 0.25) is 0 Å². The van der Waals surface area contributed by atoms with Crippen LogP contribution in [-0.2, 0) is 4.79 Å². The minimum absolute atomic E-state index is 0.125. The number of rotatable bonds is 3. The average Bonchev–Trinajstić information content (AvgIpc) is 3.02. The van der Waals surface area contributed by atoms with Gasteiger partial charge in [-0.2, -0.15) is 0 Å². The van der Waals surface area contributed by atoms with Gasteiger partial charge >= 0.3 is 0 Å². The van der Waals surface area contributed by atoms with Gasteiger partial charge in [0.1, 0.15) is 5.82 Å². The summed E-state index contributed by atoms with van der Waals surface area (Å²) in [6, 6.07) is 5.57. The Balaban J connectivity index is 2.03. The third kappa shape index (κ3) is 1.99. The van der Waals surface area contributed by atoms with Crippen LogP contribution >= 0.6 is 0 Å². The van der Waals surface area contributed by atoms with Crippen molar-refractivity contribution >= 4 is 11.6 Å². The van der Waals surface area contributed by atoms with Crippen molar-refractivity contribution in [3.05, 3.63) is 30.1 Å². The van der Waals surface area contributed by atoms with Crippen LogP contribution < -0.4 is 5.32 Å². The van der Waals surface area contributed by atoms with Crippen LogP contribution in [0.5, 0.6) is 0 Å². The van der Waals surface area contributed by atoms with Gasteiger partial charge in [-0.05, 0) is 37.1 Å². The van der Waals surface area contributed by atoms with E-state index >= 15 is 0 Å². The fourth-order valence-electron chi connectivity index (χ4n) is 1.40. The Bertz CT molecular complexity index is 371. The van der Waals surface area contributed by atoms with Crippen molar-refractivity contribution in [2.75, 3.05) is 11.9 Å². The van der Waals surface area contributed by atoms with Crippen molar-refractivity contribution in [3.8, 4) is 0 Å². The van der Waals surface area contributed by atoms with Crippen LogP contribution in [0.25, 0.3) is 0 Å². The Morgan fingerprint density at radius 1 is 1.40 bits per heavy atom. The Kier molecular flexibility index (Phi) is 2.44. The highest BCUT2D eigenvalue weighted by molar-refractivity contribution is 5.97. The first-order valence-corrected chi connectivity index (χ1v) is 4.84. The first-order chi connectivity index (χ1) is 7.16. The topological polar surface area (TPSA) is 49.3 Å². The van der Waals surface area contributed by atoms with Gasteiger partial charge < -0.3 is 10.4 Å². The van der Waals surface area contributed by atoms with Crippen LogP contribution in [0.1, 0.15) is 12.8 Å². The molecule has 0 saturated heterocycles. The number of benzene rings is 1. The zero-order valence-corrected chi connectivity index (χ0v) is 8.16. The van der Waals surface area contributed by atoms with Crippen LogP contribution in [0.3, 0.4) is 0 Å². The average molecular weight is 209 g/mol. The molecule has 0 radical (unpaired) electrons. The normalized spacial score (nSPS) is 17.2. The number of carbonyl (C=O) groups is 1. The number of anilines is 1. The summed E-state index contributed by atoms with van der Waals surface area (Å²) in [7, 11) is 0. The monoisotopic (exact) mass is 209 g/mol. The molecule has 0 bridgehead atoms. The summed E-state index contributed by atoms with van der Waals surface area (Å²) in [5.74, 6) is -0.520. The highest BCUT2D eigenvalue weighted by atomic mass is 19.1. The number of hydrogen-bond donors (Lipinski definition) is 2. The lowest BCUT2D eigenvalue weighted by Crippen LogP contribution is -2.27. The van der Waals surface area contributed by atoms with Crippen molar-refractivity contribution in [1.82, 2.24) is 0 Å². The van der Waals surface area contributed by atoms with E-state index in [9.17, 15) is 9.18 Å². The molecule has 1 amide bonds. The maximum Gasteiger partial charge on any atom is 0.232 e. The molecule has 1 aromatic carbocycles. The molecule has 2 rings (SSSR count). The molecule has 1 aliphatic rings. The minimum atomic E-state index is -0.589. The minimum Gasteiger partial charge on any atom is -0.395 e. The molecule has 4 heteroatoms. The summed E-state index contributed by atoms with van der Waals surface area (Å²) in [5.41, 5.74) is -0.0323.